The molecule has 0 saturated carbocycles. The van der Waals surface area contributed by atoms with E-state index in [1.165, 1.54) is 0 Å². The van der Waals surface area contributed by atoms with E-state index in [0.717, 1.165) is 0 Å². The first-order chi connectivity index (χ1) is 8.27. The fraction of sp³-hybridized carbons (Fsp3) is 0. The normalized spacial score (nSPS) is 10.2. The first-order valence-electron chi connectivity index (χ1n) is 5.28. The number of nitrogens with zero attached hydrogens (tertiary/aromatic N) is 1. The SMILES string of the molecule is I.O=C(O)c1c2ccccc2nc2ccccc12. The number of halogens is 1. The molecular formula is C14H10INO2. The highest BCUT2D eigenvalue weighted by molar-refractivity contribution is 14.0. The lowest BCUT2D eigenvalue weighted by Crippen LogP contribution is -2.00. The summed E-state index contributed by atoms with van der Waals surface area (Å²) in [6.45, 7) is 0. The zero-order chi connectivity index (χ0) is 11.8. The highest BCUT2D eigenvalue weighted by atomic mass is 127. The fourth-order valence-corrected chi connectivity index (χ4v) is 2.07. The molecule has 0 aliphatic carbocycles. The van der Waals surface area contributed by atoms with Crippen LogP contribution in [0.5, 0.6) is 0 Å². The average molecular weight is 351 g/mol. The number of aromatic carboxylic acids is 1. The minimum Gasteiger partial charge on any atom is -0.478 e. The zero-order valence-electron chi connectivity index (χ0n) is 9.33. The van der Waals surface area contributed by atoms with E-state index in [1.54, 1.807) is 12.1 Å². The van der Waals surface area contributed by atoms with Crippen LogP contribution in [-0.4, -0.2) is 16.1 Å². The van der Waals surface area contributed by atoms with Crippen molar-refractivity contribution >= 4 is 51.8 Å². The van der Waals surface area contributed by atoms with Gasteiger partial charge in [-0.3, -0.25) is 0 Å². The summed E-state index contributed by atoms with van der Waals surface area (Å²) in [5, 5.41) is 10.7. The van der Waals surface area contributed by atoms with Crippen molar-refractivity contribution in [3.63, 3.8) is 0 Å². The highest BCUT2D eigenvalue weighted by Gasteiger charge is 2.13. The van der Waals surface area contributed by atoms with Gasteiger partial charge in [-0.05, 0) is 12.1 Å². The number of hydrogen-bond acceptors (Lipinski definition) is 2. The molecule has 1 heterocycles. The number of aromatic nitrogens is 1. The Kier molecular flexibility index (Phi) is 3.47. The number of pyridine rings is 1. The van der Waals surface area contributed by atoms with Crippen LogP contribution in [0.15, 0.2) is 48.5 Å². The summed E-state index contributed by atoms with van der Waals surface area (Å²) >= 11 is 0. The van der Waals surface area contributed by atoms with E-state index in [4.69, 9.17) is 0 Å². The Morgan fingerprint density at radius 3 is 1.78 bits per heavy atom. The van der Waals surface area contributed by atoms with E-state index in [1.807, 2.05) is 36.4 Å². The van der Waals surface area contributed by atoms with Gasteiger partial charge in [0.05, 0.1) is 16.6 Å². The molecule has 0 radical (unpaired) electrons. The molecule has 2 aromatic carbocycles. The number of carbonyl (C=O) groups is 1. The molecule has 0 atom stereocenters. The summed E-state index contributed by atoms with van der Waals surface area (Å²) in [5.41, 5.74) is 1.75. The lowest BCUT2D eigenvalue weighted by atomic mass is 10.0. The molecule has 0 fully saturated rings. The molecule has 3 rings (SSSR count). The van der Waals surface area contributed by atoms with E-state index in [-0.39, 0.29) is 24.0 Å². The van der Waals surface area contributed by atoms with Gasteiger partial charge < -0.3 is 5.11 Å². The Bertz CT molecular complexity index is 686. The topological polar surface area (TPSA) is 50.2 Å². The number of benzene rings is 2. The third-order valence-electron chi connectivity index (χ3n) is 2.80. The predicted molar refractivity (Wildman–Crippen MR) is 81.6 cm³/mol. The molecule has 1 aromatic heterocycles. The molecule has 0 aliphatic rings. The van der Waals surface area contributed by atoms with Gasteiger partial charge in [0, 0.05) is 10.8 Å². The van der Waals surface area contributed by atoms with Crippen LogP contribution >= 0.6 is 24.0 Å². The molecule has 90 valence electrons. The van der Waals surface area contributed by atoms with Crippen molar-refractivity contribution in [3.05, 3.63) is 54.1 Å². The van der Waals surface area contributed by atoms with E-state index < -0.39 is 5.97 Å². The van der Waals surface area contributed by atoms with E-state index in [2.05, 4.69) is 4.98 Å². The van der Waals surface area contributed by atoms with Crippen LogP contribution in [0.4, 0.5) is 0 Å². The summed E-state index contributed by atoms with van der Waals surface area (Å²) in [7, 11) is 0. The molecule has 0 amide bonds. The fourth-order valence-electron chi connectivity index (χ4n) is 2.07. The van der Waals surface area contributed by atoms with Gasteiger partial charge in [-0.25, -0.2) is 9.78 Å². The number of hydrogen-bond donors (Lipinski definition) is 1. The van der Waals surface area contributed by atoms with Crippen molar-refractivity contribution in [1.29, 1.82) is 0 Å². The Hall–Kier alpha value is -1.69. The Morgan fingerprint density at radius 1 is 0.889 bits per heavy atom. The maximum Gasteiger partial charge on any atom is 0.337 e. The van der Waals surface area contributed by atoms with Gasteiger partial charge in [0.2, 0.25) is 0 Å². The quantitative estimate of drug-likeness (QED) is 0.537. The first kappa shape index (κ1) is 12.8. The second kappa shape index (κ2) is 4.89. The minimum atomic E-state index is -0.917. The van der Waals surface area contributed by atoms with Crippen LogP contribution in [0.1, 0.15) is 10.4 Å². The van der Waals surface area contributed by atoms with E-state index in [0.29, 0.717) is 27.4 Å². The number of rotatable bonds is 1. The molecule has 0 saturated heterocycles. The van der Waals surface area contributed by atoms with E-state index >= 15 is 0 Å². The highest BCUT2D eigenvalue weighted by Crippen LogP contribution is 2.25. The molecule has 0 aliphatic heterocycles. The number of carboxylic acid groups (broad SMARTS) is 1. The van der Waals surface area contributed by atoms with Gasteiger partial charge in [-0.15, -0.1) is 24.0 Å². The van der Waals surface area contributed by atoms with Crippen LogP contribution in [0.25, 0.3) is 21.8 Å². The molecule has 0 unspecified atom stereocenters. The van der Waals surface area contributed by atoms with Crippen molar-refractivity contribution in [2.45, 2.75) is 0 Å². The second-order valence-electron chi connectivity index (χ2n) is 3.83. The van der Waals surface area contributed by atoms with Gasteiger partial charge in [0.1, 0.15) is 0 Å². The molecule has 1 N–H and O–H groups in total. The summed E-state index contributed by atoms with van der Waals surface area (Å²) in [5.74, 6) is -0.917. The summed E-state index contributed by atoms with van der Waals surface area (Å²) in [6.07, 6.45) is 0. The number of fused-ring (bicyclic) bond motifs is 2. The average Bonchev–Trinajstić information content (AvgIpc) is 2.35. The molecule has 3 aromatic rings. The van der Waals surface area contributed by atoms with Crippen molar-refractivity contribution in [1.82, 2.24) is 4.98 Å². The summed E-state index contributed by atoms with van der Waals surface area (Å²) < 4.78 is 0. The molecule has 0 spiro atoms. The predicted octanol–water partition coefficient (Wildman–Crippen LogP) is 3.70. The smallest absolute Gasteiger partial charge is 0.337 e. The number of para-hydroxylation sites is 2. The standard InChI is InChI=1S/C14H9NO2.HI/c16-14(17)13-9-5-1-3-7-11(9)15-12-8-4-2-6-10(12)13;/h1-8H,(H,16,17);1H. The second-order valence-corrected chi connectivity index (χ2v) is 3.83. The van der Waals surface area contributed by atoms with E-state index in [9.17, 15) is 9.90 Å². The van der Waals surface area contributed by atoms with Gasteiger partial charge in [0.15, 0.2) is 0 Å². The third-order valence-corrected chi connectivity index (χ3v) is 2.80. The zero-order valence-corrected chi connectivity index (χ0v) is 11.7. The van der Waals surface area contributed by atoms with Crippen LogP contribution in [0, 0.1) is 0 Å². The minimum absolute atomic E-state index is 0. The van der Waals surface area contributed by atoms with Crippen molar-refractivity contribution < 1.29 is 9.90 Å². The lowest BCUT2D eigenvalue weighted by molar-refractivity contribution is 0.0701. The van der Waals surface area contributed by atoms with Crippen molar-refractivity contribution in [2.75, 3.05) is 0 Å². The Morgan fingerprint density at radius 2 is 1.33 bits per heavy atom. The molecular weight excluding hydrogens is 341 g/mol. The summed E-state index contributed by atoms with van der Waals surface area (Å²) in [6, 6.07) is 14.6. The van der Waals surface area contributed by atoms with Crippen LogP contribution in [-0.2, 0) is 0 Å². The molecule has 3 nitrogen and oxygen atoms in total. The Labute approximate surface area is 120 Å². The van der Waals surface area contributed by atoms with Gasteiger partial charge in [-0.1, -0.05) is 36.4 Å². The monoisotopic (exact) mass is 351 g/mol. The lowest BCUT2D eigenvalue weighted by Gasteiger charge is -2.06. The largest absolute Gasteiger partial charge is 0.478 e. The molecule has 4 heteroatoms. The maximum atomic E-state index is 11.4. The van der Waals surface area contributed by atoms with Crippen molar-refractivity contribution in [2.24, 2.45) is 0 Å². The van der Waals surface area contributed by atoms with Gasteiger partial charge in [-0.2, -0.15) is 0 Å². The third kappa shape index (κ3) is 1.92. The van der Waals surface area contributed by atoms with Gasteiger partial charge in [0.25, 0.3) is 0 Å². The molecule has 18 heavy (non-hydrogen) atoms. The Balaban J connectivity index is 0.00000120. The maximum absolute atomic E-state index is 11.4. The van der Waals surface area contributed by atoms with Gasteiger partial charge >= 0.3 is 5.97 Å². The first-order valence-corrected chi connectivity index (χ1v) is 5.28. The summed E-state index contributed by atoms with van der Waals surface area (Å²) in [4.78, 5) is 15.9. The van der Waals surface area contributed by atoms with Crippen LogP contribution < -0.4 is 0 Å². The van der Waals surface area contributed by atoms with Crippen LogP contribution in [0.2, 0.25) is 0 Å². The number of carboxylic acids is 1. The van der Waals surface area contributed by atoms with Crippen molar-refractivity contribution in [3.8, 4) is 0 Å². The molecule has 0 bridgehead atoms. The van der Waals surface area contributed by atoms with Crippen LogP contribution in [0.3, 0.4) is 0 Å².